The number of carbonyl (C=O) groups is 2. The Kier molecular flexibility index (Phi) is 6.51. The van der Waals surface area contributed by atoms with Crippen molar-refractivity contribution in [1.29, 1.82) is 0 Å². The Labute approximate surface area is 203 Å². The van der Waals surface area contributed by atoms with Gasteiger partial charge in [-0.2, -0.15) is 0 Å². The van der Waals surface area contributed by atoms with E-state index in [0.29, 0.717) is 5.92 Å². The fourth-order valence-corrected chi connectivity index (χ4v) is 5.02. The Morgan fingerprint density at radius 1 is 0.971 bits per heavy atom. The molecule has 3 heterocycles. The maximum Gasteiger partial charge on any atom is 0.415 e. The number of carbonyl (C=O) groups excluding carboxylic acids is 1. The van der Waals surface area contributed by atoms with Gasteiger partial charge in [-0.25, -0.2) is 14.0 Å². The molecule has 6 rings (SSSR count). The van der Waals surface area contributed by atoms with Gasteiger partial charge in [-0.1, -0.05) is 42.5 Å². The number of hydrogen-bond donors (Lipinski definition) is 1. The first-order chi connectivity index (χ1) is 17.0. The number of rotatable bonds is 6. The van der Waals surface area contributed by atoms with Crippen molar-refractivity contribution in [3.63, 3.8) is 0 Å². The number of para-hydroxylation sites is 1. The highest BCUT2D eigenvalue weighted by Crippen LogP contribution is 2.31. The number of hydrogen-bond acceptors (Lipinski definition) is 4. The van der Waals surface area contributed by atoms with E-state index in [2.05, 4.69) is 4.90 Å². The maximum absolute atomic E-state index is 14.8. The van der Waals surface area contributed by atoms with E-state index in [1.807, 2.05) is 30.3 Å². The van der Waals surface area contributed by atoms with E-state index < -0.39 is 17.9 Å². The van der Waals surface area contributed by atoms with Crippen LogP contribution in [0.25, 0.3) is 11.1 Å². The quantitative estimate of drug-likeness (QED) is 0.516. The number of carboxylic acids is 1. The third kappa shape index (κ3) is 5.05. The molecule has 7 heteroatoms. The minimum absolute atomic E-state index is 0.118. The third-order valence-corrected chi connectivity index (χ3v) is 6.92. The van der Waals surface area contributed by atoms with Gasteiger partial charge in [0.25, 0.3) is 0 Å². The fourth-order valence-electron chi connectivity index (χ4n) is 5.02. The van der Waals surface area contributed by atoms with Gasteiger partial charge in [0.05, 0.1) is 17.8 Å². The van der Waals surface area contributed by atoms with Crippen LogP contribution in [0, 0.1) is 11.7 Å². The van der Waals surface area contributed by atoms with E-state index >= 15 is 0 Å². The van der Waals surface area contributed by atoms with Crippen LogP contribution < -0.4 is 4.90 Å². The minimum atomic E-state index is -0.996. The second kappa shape index (κ2) is 9.88. The molecule has 0 aromatic heterocycles. The Morgan fingerprint density at radius 2 is 1.69 bits per heavy atom. The monoisotopic (exact) mass is 474 g/mol. The second-order valence-electron chi connectivity index (χ2n) is 9.18. The fraction of sp³-hybridized carbons (Fsp3) is 0.286. The maximum atomic E-state index is 14.8. The lowest BCUT2D eigenvalue weighted by Gasteiger charge is -2.44. The van der Waals surface area contributed by atoms with Crippen molar-refractivity contribution in [3.8, 4) is 11.1 Å². The first-order valence-electron chi connectivity index (χ1n) is 11.9. The molecule has 3 aromatic carbocycles. The van der Waals surface area contributed by atoms with E-state index in [9.17, 15) is 19.1 Å². The van der Waals surface area contributed by atoms with Crippen molar-refractivity contribution < 1.29 is 23.8 Å². The van der Waals surface area contributed by atoms with Gasteiger partial charge >= 0.3 is 12.1 Å². The van der Waals surface area contributed by atoms with Crippen molar-refractivity contribution >= 4 is 17.7 Å². The van der Waals surface area contributed by atoms with Gasteiger partial charge in [-0.05, 0) is 78.9 Å². The number of piperidine rings is 3. The van der Waals surface area contributed by atoms with Crippen molar-refractivity contribution in [2.75, 3.05) is 24.5 Å². The van der Waals surface area contributed by atoms with Crippen LogP contribution in [0.3, 0.4) is 0 Å². The second-order valence-corrected chi connectivity index (χ2v) is 9.18. The predicted octanol–water partition coefficient (Wildman–Crippen LogP) is 5.43. The van der Waals surface area contributed by atoms with Crippen LogP contribution in [0.2, 0.25) is 0 Å². The van der Waals surface area contributed by atoms with Gasteiger partial charge in [0.2, 0.25) is 0 Å². The minimum Gasteiger partial charge on any atom is -0.478 e. The van der Waals surface area contributed by atoms with Crippen LogP contribution in [0.5, 0.6) is 0 Å². The summed E-state index contributed by atoms with van der Waals surface area (Å²) < 4.78 is 20.7. The zero-order chi connectivity index (χ0) is 24.4. The largest absolute Gasteiger partial charge is 0.478 e. The molecule has 3 saturated heterocycles. The molecule has 6 nitrogen and oxygen atoms in total. The molecule has 1 amide bonds. The average molecular weight is 475 g/mol. The Balaban J connectivity index is 1.42. The van der Waals surface area contributed by atoms with Gasteiger partial charge < -0.3 is 9.84 Å². The van der Waals surface area contributed by atoms with Gasteiger partial charge in [0, 0.05) is 6.54 Å². The number of fused-ring (bicyclic) bond motifs is 3. The molecule has 3 aromatic rings. The molecule has 0 unspecified atom stereocenters. The Morgan fingerprint density at radius 3 is 2.37 bits per heavy atom. The van der Waals surface area contributed by atoms with Crippen molar-refractivity contribution in [3.05, 3.63) is 89.7 Å². The number of halogens is 1. The van der Waals surface area contributed by atoms with E-state index in [4.69, 9.17) is 4.74 Å². The molecule has 0 spiro atoms. The lowest BCUT2D eigenvalue weighted by Crippen LogP contribution is -2.53. The number of ether oxygens (including phenoxy) is 1. The Bertz CT molecular complexity index is 1240. The van der Waals surface area contributed by atoms with Crippen LogP contribution >= 0.6 is 0 Å². The first-order valence-corrected chi connectivity index (χ1v) is 11.9. The first kappa shape index (κ1) is 23.1. The predicted molar refractivity (Wildman–Crippen MR) is 131 cm³/mol. The number of amides is 1. The van der Waals surface area contributed by atoms with Crippen LogP contribution in [-0.2, 0) is 11.3 Å². The summed E-state index contributed by atoms with van der Waals surface area (Å²) in [5, 5.41) is 9.32. The number of anilines is 1. The standard InChI is InChI=1S/C28H27FN2O4/c29-24-9-1-2-10-25(24)31(28(34)35-26-18-30-13-11-20(26)12-14-30)17-19-5-3-6-21(15-19)22-7-4-8-23(16-22)27(32)33/h1-10,15-16,20,26H,11-14,17-18H2,(H,32,33)/t26-/m0/s1. The summed E-state index contributed by atoms with van der Waals surface area (Å²) in [4.78, 5) is 28.4. The molecule has 3 aliphatic rings. The molecule has 180 valence electrons. The van der Waals surface area contributed by atoms with Crippen LogP contribution in [0.1, 0.15) is 28.8 Å². The van der Waals surface area contributed by atoms with Crippen molar-refractivity contribution in [1.82, 2.24) is 4.90 Å². The van der Waals surface area contributed by atoms with Gasteiger partial charge in [0.1, 0.15) is 11.9 Å². The van der Waals surface area contributed by atoms with Crippen LogP contribution in [0.4, 0.5) is 14.9 Å². The number of aromatic carboxylic acids is 1. The van der Waals surface area contributed by atoms with Crippen LogP contribution in [-0.4, -0.2) is 47.8 Å². The number of nitrogens with zero attached hydrogens (tertiary/aromatic N) is 2. The molecule has 1 N–H and O–H groups in total. The lowest BCUT2D eigenvalue weighted by atomic mass is 9.86. The molecule has 0 radical (unpaired) electrons. The summed E-state index contributed by atoms with van der Waals surface area (Å²) in [5.41, 5.74) is 2.69. The SMILES string of the molecule is O=C(O)c1cccc(-c2cccc(CN(C(=O)O[C@H]3CN4CCC3CC4)c3ccccc3F)c2)c1. The highest BCUT2D eigenvalue weighted by atomic mass is 19.1. The average Bonchev–Trinajstić information content (AvgIpc) is 2.89. The van der Waals surface area contributed by atoms with E-state index in [0.717, 1.165) is 49.2 Å². The topological polar surface area (TPSA) is 70.1 Å². The molecule has 3 fully saturated rings. The summed E-state index contributed by atoms with van der Waals surface area (Å²) in [6, 6.07) is 20.3. The van der Waals surface area contributed by atoms with E-state index in [1.54, 1.807) is 36.4 Å². The summed E-state index contributed by atoms with van der Waals surface area (Å²) >= 11 is 0. The van der Waals surface area contributed by atoms with Crippen LogP contribution in [0.15, 0.2) is 72.8 Å². The highest BCUT2D eigenvalue weighted by Gasteiger charge is 2.37. The summed E-state index contributed by atoms with van der Waals surface area (Å²) in [6.45, 7) is 2.90. The number of carboxylic acid groups (broad SMARTS) is 1. The molecular formula is C28H27FN2O4. The van der Waals surface area contributed by atoms with Crippen molar-refractivity contribution in [2.45, 2.75) is 25.5 Å². The molecule has 0 saturated carbocycles. The smallest absolute Gasteiger partial charge is 0.415 e. The highest BCUT2D eigenvalue weighted by molar-refractivity contribution is 5.90. The van der Waals surface area contributed by atoms with Gasteiger partial charge in [-0.3, -0.25) is 9.80 Å². The zero-order valence-corrected chi connectivity index (χ0v) is 19.3. The normalized spacial score (nSPS) is 20.9. The molecular weight excluding hydrogens is 447 g/mol. The Hall–Kier alpha value is -3.71. The summed E-state index contributed by atoms with van der Waals surface area (Å²) in [6.07, 6.45) is 1.26. The zero-order valence-electron chi connectivity index (χ0n) is 19.3. The molecule has 0 aliphatic carbocycles. The molecule has 35 heavy (non-hydrogen) atoms. The van der Waals surface area contributed by atoms with Crippen molar-refractivity contribution in [2.24, 2.45) is 5.92 Å². The number of benzene rings is 3. The molecule has 2 bridgehead atoms. The lowest BCUT2D eigenvalue weighted by molar-refractivity contribution is -0.0311. The molecule has 3 aliphatic heterocycles. The summed E-state index contributed by atoms with van der Waals surface area (Å²) in [7, 11) is 0. The van der Waals surface area contributed by atoms with Gasteiger partial charge in [0.15, 0.2) is 0 Å². The summed E-state index contributed by atoms with van der Waals surface area (Å²) in [5.74, 6) is -1.15. The third-order valence-electron chi connectivity index (χ3n) is 6.92. The molecule has 1 atom stereocenters. The van der Waals surface area contributed by atoms with E-state index in [1.165, 1.54) is 11.0 Å². The van der Waals surface area contributed by atoms with Gasteiger partial charge in [-0.15, -0.1) is 0 Å². The van der Waals surface area contributed by atoms with E-state index in [-0.39, 0.29) is 23.9 Å².